The highest BCUT2D eigenvalue weighted by atomic mass is 32.2. The van der Waals surface area contributed by atoms with Gasteiger partial charge in [0, 0.05) is 6.54 Å². The Hall–Kier alpha value is -1.92. The molecule has 0 radical (unpaired) electrons. The van der Waals surface area contributed by atoms with Gasteiger partial charge in [0.25, 0.3) is 10.0 Å². The van der Waals surface area contributed by atoms with Gasteiger partial charge in [0.05, 0.1) is 10.6 Å². The summed E-state index contributed by atoms with van der Waals surface area (Å²) in [5.74, 6) is -0.503. The first-order valence-electron chi connectivity index (χ1n) is 6.00. The molecule has 0 spiro atoms. The molecule has 0 saturated carbocycles. The van der Waals surface area contributed by atoms with E-state index in [-0.39, 0.29) is 17.1 Å². The van der Waals surface area contributed by atoms with Crippen LogP contribution in [-0.4, -0.2) is 8.42 Å². The van der Waals surface area contributed by atoms with Crippen molar-refractivity contribution in [3.8, 4) is 0 Å². The summed E-state index contributed by atoms with van der Waals surface area (Å²) in [6, 6.07) is 10.0. The maximum Gasteiger partial charge on any atom is 0.261 e. The highest BCUT2D eigenvalue weighted by Gasteiger charge is 2.15. The minimum atomic E-state index is -3.75. The Morgan fingerprint density at radius 1 is 1.20 bits per heavy atom. The Morgan fingerprint density at radius 2 is 1.95 bits per heavy atom. The molecule has 0 fully saturated rings. The predicted octanol–water partition coefficient (Wildman–Crippen LogP) is 2.39. The third-order valence-electron chi connectivity index (χ3n) is 2.93. The van der Waals surface area contributed by atoms with Crippen molar-refractivity contribution < 1.29 is 12.8 Å². The van der Waals surface area contributed by atoms with Crippen LogP contribution in [0.1, 0.15) is 11.1 Å². The van der Waals surface area contributed by atoms with Gasteiger partial charge in [-0.25, -0.2) is 12.8 Å². The largest absolute Gasteiger partial charge is 0.326 e. The Kier molecular flexibility index (Phi) is 4.06. The zero-order valence-corrected chi connectivity index (χ0v) is 11.7. The van der Waals surface area contributed by atoms with Crippen molar-refractivity contribution in [2.24, 2.45) is 5.73 Å². The number of sulfonamides is 1. The zero-order valence-electron chi connectivity index (χ0n) is 10.9. The van der Waals surface area contributed by atoms with Gasteiger partial charge >= 0.3 is 0 Å². The summed E-state index contributed by atoms with van der Waals surface area (Å²) >= 11 is 0. The quantitative estimate of drug-likeness (QED) is 0.909. The molecule has 0 bridgehead atoms. The van der Waals surface area contributed by atoms with E-state index in [2.05, 4.69) is 4.72 Å². The van der Waals surface area contributed by atoms with Crippen molar-refractivity contribution in [1.82, 2.24) is 0 Å². The van der Waals surface area contributed by atoms with Crippen molar-refractivity contribution in [1.29, 1.82) is 0 Å². The van der Waals surface area contributed by atoms with Crippen molar-refractivity contribution >= 4 is 15.7 Å². The lowest BCUT2D eigenvalue weighted by atomic mass is 10.1. The normalized spacial score (nSPS) is 11.3. The summed E-state index contributed by atoms with van der Waals surface area (Å²) in [6.45, 7) is 2.12. The number of anilines is 1. The highest BCUT2D eigenvalue weighted by molar-refractivity contribution is 7.92. The second-order valence-corrected chi connectivity index (χ2v) is 6.09. The molecule has 0 saturated heterocycles. The van der Waals surface area contributed by atoms with Crippen molar-refractivity contribution in [2.45, 2.75) is 18.4 Å². The van der Waals surface area contributed by atoms with E-state index >= 15 is 0 Å². The molecular formula is C14H15FN2O2S. The molecule has 0 amide bonds. The van der Waals surface area contributed by atoms with Crippen LogP contribution < -0.4 is 10.5 Å². The van der Waals surface area contributed by atoms with E-state index < -0.39 is 15.8 Å². The zero-order chi connectivity index (χ0) is 14.8. The predicted molar refractivity (Wildman–Crippen MR) is 76.3 cm³/mol. The van der Waals surface area contributed by atoms with Crippen LogP contribution in [0.25, 0.3) is 0 Å². The van der Waals surface area contributed by atoms with E-state index in [0.29, 0.717) is 0 Å². The second kappa shape index (κ2) is 5.60. The number of rotatable bonds is 4. The van der Waals surface area contributed by atoms with E-state index in [1.54, 1.807) is 6.07 Å². The summed E-state index contributed by atoms with van der Waals surface area (Å²) in [5.41, 5.74) is 7.44. The van der Waals surface area contributed by atoms with Crippen LogP contribution in [0.5, 0.6) is 0 Å². The molecule has 2 aromatic rings. The number of benzene rings is 2. The smallest absolute Gasteiger partial charge is 0.261 e. The van der Waals surface area contributed by atoms with Gasteiger partial charge in [-0.05, 0) is 48.4 Å². The second-order valence-electron chi connectivity index (χ2n) is 4.41. The number of nitrogens with two attached hydrogens (primary N) is 1. The fraction of sp³-hybridized carbons (Fsp3) is 0.143. The Labute approximate surface area is 117 Å². The molecule has 0 aromatic heterocycles. The fourth-order valence-electron chi connectivity index (χ4n) is 1.80. The third-order valence-corrected chi connectivity index (χ3v) is 4.31. The van der Waals surface area contributed by atoms with Crippen LogP contribution in [0.4, 0.5) is 10.1 Å². The molecule has 20 heavy (non-hydrogen) atoms. The van der Waals surface area contributed by atoms with E-state index in [4.69, 9.17) is 5.73 Å². The first-order chi connectivity index (χ1) is 9.42. The molecule has 3 N–H and O–H groups in total. The van der Waals surface area contributed by atoms with Crippen molar-refractivity contribution in [3.05, 3.63) is 59.4 Å². The number of halogens is 1. The molecule has 0 aliphatic carbocycles. The molecule has 0 aliphatic heterocycles. The number of nitrogens with one attached hydrogen (secondary N) is 1. The monoisotopic (exact) mass is 294 g/mol. The topological polar surface area (TPSA) is 72.2 Å². The van der Waals surface area contributed by atoms with Gasteiger partial charge in [-0.2, -0.15) is 0 Å². The molecule has 106 valence electrons. The summed E-state index contributed by atoms with van der Waals surface area (Å²) in [7, 11) is -3.75. The Bertz CT molecular complexity index is 730. The summed E-state index contributed by atoms with van der Waals surface area (Å²) < 4.78 is 39.8. The van der Waals surface area contributed by atoms with Gasteiger partial charge in [-0.1, -0.05) is 12.1 Å². The molecular weight excluding hydrogens is 279 g/mol. The number of aryl methyl sites for hydroxylation is 1. The SMILES string of the molecule is Cc1ccc(S(=O)(=O)Nc2cccc(F)c2)cc1CN. The lowest BCUT2D eigenvalue weighted by molar-refractivity contribution is 0.601. The molecule has 0 aliphatic rings. The van der Waals surface area contributed by atoms with Gasteiger partial charge in [0.15, 0.2) is 0 Å². The maximum absolute atomic E-state index is 13.1. The molecule has 0 unspecified atom stereocenters. The van der Waals surface area contributed by atoms with E-state index in [9.17, 15) is 12.8 Å². The lowest BCUT2D eigenvalue weighted by Crippen LogP contribution is -2.14. The Balaban J connectivity index is 2.35. The minimum absolute atomic E-state index is 0.104. The van der Waals surface area contributed by atoms with E-state index in [1.807, 2.05) is 6.92 Å². The van der Waals surface area contributed by atoms with Gasteiger partial charge in [-0.3, -0.25) is 4.72 Å². The molecule has 6 heteroatoms. The highest BCUT2D eigenvalue weighted by Crippen LogP contribution is 2.19. The van der Waals surface area contributed by atoms with E-state index in [1.165, 1.54) is 30.3 Å². The van der Waals surface area contributed by atoms with Crippen LogP contribution in [0.3, 0.4) is 0 Å². The molecule has 2 aromatic carbocycles. The minimum Gasteiger partial charge on any atom is -0.326 e. The lowest BCUT2D eigenvalue weighted by Gasteiger charge is -2.10. The summed E-state index contributed by atoms with van der Waals surface area (Å²) in [4.78, 5) is 0.104. The first-order valence-corrected chi connectivity index (χ1v) is 7.48. The average molecular weight is 294 g/mol. The third kappa shape index (κ3) is 3.15. The van der Waals surface area contributed by atoms with E-state index in [0.717, 1.165) is 17.2 Å². The molecule has 4 nitrogen and oxygen atoms in total. The van der Waals surface area contributed by atoms with Crippen molar-refractivity contribution in [2.75, 3.05) is 4.72 Å². The first kappa shape index (κ1) is 14.5. The van der Waals surface area contributed by atoms with Crippen LogP contribution in [-0.2, 0) is 16.6 Å². The fourth-order valence-corrected chi connectivity index (χ4v) is 2.90. The van der Waals surface area contributed by atoms with Crippen LogP contribution in [0.2, 0.25) is 0 Å². The van der Waals surface area contributed by atoms with Gasteiger partial charge in [0.1, 0.15) is 5.82 Å². The Morgan fingerprint density at radius 3 is 2.60 bits per heavy atom. The van der Waals surface area contributed by atoms with Crippen LogP contribution in [0, 0.1) is 12.7 Å². The van der Waals surface area contributed by atoms with Crippen molar-refractivity contribution in [3.63, 3.8) is 0 Å². The standard InChI is InChI=1S/C14H15FN2O2S/c1-10-5-6-14(7-11(10)9-16)20(18,19)17-13-4-2-3-12(15)8-13/h2-8,17H,9,16H2,1H3. The molecule has 0 atom stereocenters. The summed E-state index contributed by atoms with van der Waals surface area (Å²) in [6.07, 6.45) is 0. The van der Waals surface area contributed by atoms with Gasteiger partial charge in [-0.15, -0.1) is 0 Å². The van der Waals surface area contributed by atoms with Gasteiger partial charge < -0.3 is 5.73 Å². The molecule has 0 heterocycles. The van der Waals surface area contributed by atoms with Gasteiger partial charge in [0.2, 0.25) is 0 Å². The van der Waals surface area contributed by atoms with Crippen LogP contribution >= 0.6 is 0 Å². The number of hydrogen-bond donors (Lipinski definition) is 2. The number of hydrogen-bond acceptors (Lipinski definition) is 3. The average Bonchev–Trinajstić information content (AvgIpc) is 2.38. The molecule has 2 rings (SSSR count). The summed E-state index contributed by atoms with van der Waals surface area (Å²) in [5, 5.41) is 0. The maximum atomic E-state index is 13.1. The van der Waals surface area contributed by atoms with Crippen LogP contribution in [0.15, 0.2) is 47.4 Å².